The average molecular weight is 251 g/mol. The molecule has 1 aliphatic rings. The van der Waals surface area contributed by atoms with Gasteiger partial charge in [-0.05, 0) is 0 Å². The van der Waals surface area contributed by atoms with Gasteiger partial charge in [-0.25, -0.2) is 4.79 Å². The lowest BCUT2D eigenvalue weighted by Gasteiger charge is -2.11. The molecule has 0 bridgehead atoms. The summed E-state index contributed by atoms with van der Waals surface area (Å²) in [6.07, 6.45) is -0.595. The van der Waals surface area contributed by atoms with Gasteiger partial charge in [0.2, 0.25) is 0 Å². The van der Waals surface area contributed by atoms with Gasteiger partial charge in [-0.3, -0.25) is 13.8 Å². The Kier molecular flexibility index (Phi) is 3.29. The summed E-state index contributed by atoms with van der Waals surface area (Å²) >= 11 is 0. The van der Waals surface area contributed by atoms with Gasteiger partial charge in [0.25, 0.3) is 21.9 Å². The monoisotopic (exact) mass is 251 g/mol. The predicted octanol–water partition coefficient (Wildman–Crippen LogP) is -1.43. The summed E-state index contributed by atoms with van der Waals surface area (Å²) in [5, 5.41) is -1.51. The van der Waals surface area contributed by atoms with Gasteiger partial charge in [0, 0.05) is 6.92 Å². The highest BCUT2D eigenvalue weighted by Crippen LogP contribution is 2.21. The number of nitrogens with zero attached hydrogens (tertiary/aromatic N) is 1. The highest BCUT2D eigenvalue weighted by molar-refractivity contribution is 7.88. The molecule has 1 unspecified atom stereocenters. The largest absolute Gasteiger partial charge is 0.331 e. The van der Waals surface area contributed by atoms with Crippen molar-refractivity contribution < 1.29 is 31.8 Å². The van der Waals surface area contributed by atoms with E-state index in [0.717, 1.165) is 14.0 Å². The van der Waals surface area contributed by atoms with E-state index in [1.165, 1.54) is 0 Å². The topological polar surface area (TPSA) is 107 Å². The quantitative estimate of drug-likeness (QED) is 0.447. The van der Waals surface area contributed by atoms with Crippen molar-refractivity contribution >= 4 is 27.9 Å². The van der Waals surface area contributed by atoms with Gasteiger partial charge in [0.1, 0.15) is 0 Å². The molecule has 8 nitrogen and oxygen atoms in total. The molecule has 0 N–H and O–H groups in total. The third-order valence-corrected chi connectivity index (χ3v) is 3.39. The van der Waals surface area contributed by atoms with Crippen LogP contribution in [0.2, 0.25) is 0 Å². The number of hydroxylamine groups is 2. The fourth-order valence-electron chi connectivity index (χ4n) is 1.15. The number of hydrogen-bond donors (Lipinski definition) is 0. The van der Waals surface area contributed by atoms with Crippen molar-refractivity contribution in [3.63, 3.8) is 0 Å². The van der Waals surface area contributed by atoms with Crippen molar-refractivity contribution in [3.05, 3.63) is 0 Å². The molecule has 1 fully saturated rings. The van der Waals surface area contributed by atoms with Gasteiger partial charge in [-0.1, -0.05) is 0 Å². The summed E-state index contributed by atoms with van der Waals surface area (Å²) in [6.45, 7) is 0.985. The third kappa shape index (κ3) is 2.19. The van der Waals surface area contributed by atoms with Crippen molar-refractivity contribution in [2.45, 2.75) is 18.6 Å². The molecule has 0 aromatic carbocycles. The van der Waals surface area contributed by atoms with E-state index >= 15 is 0 Å². The average Bonchev–Trinajstić information content (AvgIpc) is 2.46. The Hall–Kier alpha value is -1.48. The second-order valence-electron chi connectivity index (χ2n) is 2.96. The Morgan fingerprint density at radius 1 is 1.44 bits per heavy atom. The third-order valence-electron chi connectivity index (χ3n) is 1.86. The molecule has 0 aromatic rings. The Morgan fingerprint density at radius 2 is 2.00 bits per heavy atom. The van der Waals surface area contributed by atoms with Crippen LogP contribution in [0.5, 0.6) is 0 Å². The zero-order chi connectivity index (χ0) is 12.5. The fourth-order valence-corrected chi connectivity index (χ4v) is 2.07. The zero-order valence-corrected chi connectivity index (χ0v) is 9.31. The number of carbonyl (C=O) groups excluding carboxylic acids is 3. The summed E-state index contributed by atoms with van der Waals surface area (Å²) in [5.41, 5.74) is 0. The number of rotatable bonds is 3. The lowest BCUT2D eigenvalue weighted by atomic mass is 10.4. The SMILES string of the molecule is COS(=O)(=O)C1CC(=O)N(OC(C)=O)C1=O. The van der Waals surface area contributed by atoms with Gasteiger partial charge in [-0.15, -0.1) is 5.06 Å². The van der Waals surface area contributed by atoms with E-state index in [-0.39, 0.29) is 5.06 Å². The molecule has 0 radical (unpaired) electrons. The smallest absolute Gasteiger partial charge is 0.330 e. The van der Waals surface area contributed by atoms with E-state index in [2.05, 4.69) is 9.02 Å². The van der Waals surface area contributed by atoms with Crippen molar-refractivity contribution in [2.24, 2.45) is 0 Å². The summed E-state index contributed by atoms with van der Waals surface area (Å²) in [5.74, 6) is -2.91. The van der Waals surface area contributed by atoms with Crippen molar-refractivity contribution in [3.8, 4) is 0 Å². The van der Waals surface area contributed by atoms with Gasteiger partial charge in [-0.2, -0.15) is 8.42 Å². The van der Waals surface area contributed by atoms with Crippen LogP contribution in [0, 0.1) is 0 Å². The molecule has 1 rings (SSSR count). The van der Waals surface area contributed by atoms with Crippen molar-refractivity contribution in [2.75, 3.05) is 7.11 Å². The zero-order valence-electron chi connectivity index (χ0n) is 8.50. The molecule has 0 aromatic heterocycles. The number of imide groups is 1. The number of carbonyl (C=O) groups is 3. The van der Waals surface area contributed by atoms with Gasteiger partial charge >= 0.3 is 5.97 Å². The minimum absolute atomic E-state index is 0.142. The molecule has 0 spiro atoms. The van der Waals surface area contributed by atoms with Gasteiger partial charge < -0.3 is 4.84 Å². The molecule has 1 saturated heterocycles. The minimum Gasteiger partial charge on any atom is -0.331 e. The second-order valence-corrected chi connectivity index (χ2v) is 4.85. The van der Waals surface area contributed by atoms with E-state index < -0.39 is 39.6 Å². The molecule has 1 atom stereocenters. The Bertz CT molecular complexity index is 440. The molecule has 90 valence electrons. The Morgan fingerprint density at radius 3 is 2.44 bits per heavy atom. The van der Waals surface area contributed by atoms with E-state index in [1.54, 1.807) is 0 Å². The van der Waals surface area contributed by atoms with E-state index in [0.29, 0.717) is 0 Å². The minimum atomic E-state index is -4.15. The van der Waals surface area contributed by atoms with Crippen LogP contribution in [0.3, 0.4) is 0 Å². The van der Waals surface area contributed by atoms with Crippen LogP contribution in [0.1, 0.15) is 13.3 Å². The van der Waals surface area contributed by atoms with Crippen molar-refractivity contribution in [1.29, 1.82) is 0 Å². The fraction of sp³-hybridized carbons (Fsp3) is 0.571. The van der Waals surface area contributed by atoms with E-state index in [9.17, 15) is 22.8 Å². The summed E-state index contributed by atoms with van der Waals surface area (Å²) in [7, 11) is -3.28. The van der Waals surface area contributed by atoms with Crippen LogP contribution in [-0.4, -0.2) is 43.6 Å². The molecule has 0 aliphatic carbocycles. The highest BCUT2D eigenvalue weighted by Gasteiger charge is 2.48. The molecule has 1 heterocycles. The standard InChI is InChI=1S/C7H9NO7S/c1-4(9)15-8-6(10)3-5(7(8)11)16(12,13)14-2/h5H,3H2,1-2H3. The van der Waals surface area contributed by atoms with Crippen LogP contribution in [0.15, 0.2) is 0 Å². The van der Waals surface area contributed by atoms with Crippen molar-refractivity contribution in [1.82, 2.24) is 5.06 Å². The second kappa shape index (κ2) is 4.18. The molecule has 1 aliphatic heterocycles. The molecular formula is C7H9NO7S. The number of amides is 2. The Labute approximate surface area is 91.2 Å². The predicted molar refractivity (Wildman–Crippen MR) is 48.0 cm³/mol. The van der Waals surface area contributed by atoms with E-state index in [1.807, 2.05) is 0 Å². The normalized spacial score (nSPS) is 21.4. The highest BCUT2D eigenvalue weighted by atomic mass is 32.2. The first-order chi connectivity index (χ1) is 7.29. The van der Waals surface area contributed by atoms with E-state index in [4.69, 9.17) is 0 Å². The maximum absolute atomic E-state index is 11.4. The summed E-state index contributed by atoms with van der Waals surface area (Å²) < 4.78 is 26.6. The van der Waals surface area contributed by atoms with Crippen LogP contribution in [0.4, 0.5) is 0 Å². The van der Waals surface area contributed by atoms with Gasteiger partial charge in [0.05, 0.1) is 13.5 Å². The summed E-state index contributed by atoms with van der Waals surface area (Å²) in [6, 6.07) is 0. The van der Waals surface area contributed by atoms with Crippen LogP contribution in [0.25, 0.3) is 0 Å². The Balaban J connectivity index is 2.95. The first-order valence-electron chi connectivity index (χ1n) is 4.14. The molecular weight excluding hydrogens is 242 g/mol. The summed E-state index contributed by atoms with van der Waals surface area (Å²) in [4.78, 5) is 37.5. The maximum atomic E-state index is 11.4. The molecule has 0 saturated carbocycles. The molecule has 9 heteroatoms. The first kappa shape index (κ1) is 12.6. The van der Waals surface area contributed by atoms with Gasteiger partial charge in [0.15, 0.2) is 5.25 Å². The molecule has 16 heavy (non-hydrogen) atoms. The van der Waals surface area contributed by atoms with Crippen LogP contribution >= 0.6 is 0 Å². The first-order valence-corrected chi connectivity index (χ1v) is 5.61. The maximum Gasteiger partial charge on any atom is 0.330 e. The number of hydrogen-bond acceptors (Lipinski definition) is 7. The van der Waals surface area contributed by atoms with Crippen LogP contribution in [-0.2, 0) is 33.5 Å². The lowest BCUT2D eigenvalue weighted by Crippen LogP contribution is -2.36. The van der Waals surface area contributed by atoms with Crippen LogP contribution < -0.4 is 0 Å². The molecule has 2 amide bonds. The lowest BCUT2D eigenvalue weighted by molar-refractivity contribution is -0.195.